The van der Waals surface area contributed by atoms with Crippen LogP contribution >= 0.6 is 11.6 Å². The first-order chi connectivity index (χ1) is 14.9. The van der Waals surface area contributed by atoms with E-state index in [-0.39, 0.29) is 23.6 Å². The average molecular weight is 443 g/mol. The maximum absolute atomic E-state index is 14.4. The number of aliphatic carboxylic acids is 1. The molecule has 162 valence electrons. The van der Waals surface area contributed by atoms with Crippen LogP contribution in [0, 0.1) is 17.7 Å². The predicted octanol–water partition coefficient (Wildman–Crippen LogP) is 5.10. The van der Waals surface area contributed by atoms with Gasteiger partial charge in [0.05, 0.1) is 17.0 Å². The quantitative estimate of drug-likeness (QED) is 0.557. The first-order valence-electron chi connectivity index (χ1n) is 10.4. The largest absolute Gasteiger partial charge is 0.481 e. The Bertz CT molecular complexity index is 1100. The number of aromatic nitrogens is 1. The molecule has 7 heteroatoms. The van der Waals surface area contributed by atoms with Gasteiger partial charge < -0.3 is 15.0 Å². The van der Waals surface area contributed by atoms with Gasteiger partial charge in [0.15, 0.2) is 0 Å². The van der Waals surface area contributed by atoms with Gasteiger partial charge in [-0.3, -0.25) is 9.59 Å². The number of rotatable bonds is 6. The predicted molar refractivity (Wildman–Crippen MR) is 118 cm³/mol. The summed E-state index contributed by atoms with van der Waals surface area (Å²) in [5.74, 6) is -1.37. The van der Waals surface area contributed by atoms with Crippen molar-refractivity contribution in [1.82, 2.24) is 9.88 Å². The summed E-state index contributed by atoms with van der Waals surface area (Å²) in [5.41, 5.74) is 1.98. The minimum atomic E-state index is -0.738. The highest BCUT2D eigenvalue weighted by molar-refractivity contribution is 6.30. The molecule has 2 N–H and O–H groups in total. The zero-order valence-corrected chi connectivity index (χ0v) is 17.7. The van der Waals surface area contributed by atoms with Crippen LogP contribution < -0.4 is 5.32 Å². The van der Waals surface area contributed by atoms with Gasteiger partial charge in [0.1, 0.15) is 5.82 Å². The van der Waals surface area contributed by atoms with Crippen molar-refractivity contribution < 1.29 is 19.1 Å². The van der Waals surface area contributed by atoms with E-state index >= 15 is 0 Å². The Kier molecular flexibility index (Phi) is 6.28. The molecule has 0 saturated heterocycles. The molecule has 0 atom stereocenters. The maximum Gasteiger partial charge on any atom is 0.306 e. The van der Waals surface area contributed by atoms with E-state index in [9.17, 15) is 14.0 Å². The molecule has 0 spiro atoms. The molecular formula is C24H24ClFN2O3. The summed E-state index contributed by atoms with van der Waals surface area (Å²) in [5, 5.41) is 13.2. The van der Waals surface area contributed by atoms with E-state index in [4.69, 9.17) is 16.7 Å². The standard InChI is InChI=1S/C24H24ClFN2O3/c25-18-7-3-16(4-8-18)14-28-12-11-19-21(26)10-9-20(22(19)28)23(29)27-13-15-1-5-17(6-2-15)24(30)31/h3-4,7-12,15,17H,1-2,5-6,13-14H2,(H,27,29)(H,30,31). The molecule has 1 heterocycles. The third-order valence-corrected chi connectivity index (χ3v) is 6.38. The normalized spacial score (nSPS) is 18.8. The molecule has 3 aromatic rings. The van der Waals surface area contributed by atoms with Crippen LogP contribution in [0.15, 0.2) is 48.7 Å². The van der Waals surface area contributed by atoms with Gasteiger partial charge >= 0.3 is 5.97 Å². The fourth-order valence-corrected chi connectivity index (χ4v) is 4.46. The molecule has 0 aliphatic heterocycles. The molecule has 31 heavy (non-hydrogen) atoms. The van der Waals surface area contributed by atoms with Crippen molar-refractivity contribution in [3.05, 3.63) is 70.6 Å². The van der Waals surface area contributed by atoms with Crippen LogP contribution in [-0.4, -0.2) is 28.1 Å². The van der Waals surface area contributed by atoms with Gasteiger partial charge in [0, 0.05) is 29.7 Å². The summed E-state index contributed by atoms with van der Waals surface area (Å²) < 4.78 is 16.3. The van der Waals surface area contributed by atoms with Crippen molar-refractivity contribution in [1.29, 1.82) is 0 Å². The number of amides is 1. The van der Waals surface area contributed by atoms with Gasteiger partial charge in [-0.2, -0.15) is 0 Å². The lowest BCUT2D eigenvalue weighted by atomic mass is 9.82. The molecule has 4 rings (SSSR count). The first-order valence-corrected chi connectivity index (χ1v) is 10.8. The highest BCUT2D eigenvalue weighted by Crippen LogP contribution is 2.29. The number of nitrogens with zero attached hydrogens (tertiary/aromatic N) is 1. The molecule has 0 unspecified atom stereocenters. The summed E-state index contributed by atoms with van der Waals surface area (Å²) in [6.45, 7) is 0.978. The van der Waals surface area contributed by atoms with Gasteiger partial charge in [0.25, 0.3) is 5.91 Å². The van der Waals surface area contributed by atoms with Crippen molar-refractivity contribution in [2.45, 2.75) is 32.2 Å². The smallest absolute Gasteiger partial charge is 0.306 e. The minimum Gasteiger partial charge on any atom is -0.481 e. The number of halogens is 2. The van der Waals surface area contributed by atoms with Crippen LogP contribution in [0.5, 0.6) is 0 Å². The van der Waals surface area contributed by atoms with Crippen LogP contribution in [0.25, 0.3) is 10.9 Å². The number of carbonyl (C=O) groups excluding carboxylic acids is 1. The summed E-state index contributed by atoms with van der Waals surface area (Å²) in [7, 11) is 0. The monoisotopic (exact) mass is 442 g/mol. The van der Waals surface area contributed by atoms with Crippen LogP contribution in [0.2, 0.25) is 5.02 Å². The van der Waals surface area contributed by atoms with Gasteiger partial charge in [0.2, 0.25) is 0 Å². The van der Waals surface area contributed by atoms with Crippen LogP contribution in [0.3, 0.4) is 0 Å². The number of nitrogens with one attached hydrogen (secondary N) is 1. The molecule has 2 aromatic carbocycles. The van der Waals surface area contributed by atoms with Gasteiger partial charge in [-0.25, -0.2) is 4.39 Å². The fraction of sp³-hybridized carbons (Fsp3) is 0.333. The number of carboxylic acids is 1. The summed E-state index contributed by atoms with van der Waals surface area (Å²) in [4.78, 5) is 24.1. The van der Waals surface area contributed by atoms with E-state index in [1.165, 1.54) is 12.1 Å². The third-order valence-electron chi connectivity index (χ3n) is 6.13. The molecule has 1 amide bonds. The highest BCUT2D eigenvalue weighted by Gasteiger charge is 2.26. The van der Waals surface area contributed by atoms with Crippen molar-refractivity contribution in [3.63, 3.8) is 0 Å². The Morgan fingerprint density at radius 1 is 1.06 bits per heavy atom. The van der Waals surface area contributed by atoms with E-state index in [0.29, 0.717) is 47.4 Å². The Balaban J connectivity index is 1.51. The highest BCUT2D eigenvalue weighted by atomic mass is 35.5. The van der Waals surface area contributed by atoms with Crippen LogP contribution in [0.1, 0.15) is 41.6 Å². The zero-order chi connectivity index (χ0) is 22.0. The lowest BCUT2D eigenvalue weighted by Gasteiger charge is -2.26. The second-order valence-corrected chi connectivity index (χ2v) is 8.63. The maximum atomic E-state index is 14.4. The third kappa shape index (κ3) is 4.74. The SMILES string of the molecule is O=C(NCC1CCC(C(=O)O)CC1)c1ccc(F)c2ccn(Cc3ccc(Cl)cc3)c12. The second-order valence-electron chi connectivity index (χ2n) is 8.19. The van der Waals surface area contributed by atoms with Crippen molar-refractivity contribution in [2.75, 3.05) is 6.54 Å². The minimum absolute atomic E-state index is 0.249. The van der Waals surface area contributed by atoms with E-state index < -0.39 is 5.97 Å². The van der Waals surface area contributed by atoms with Crippen LogP contribution in [-0.2, 0) is 11.3 Å². The Labute approximate surface area is 184 Å². The molecule has 0 bridgehead atoms. The first kappa shape index (κ1) is 21.4. The number of carbonyl (C=O) groups is 2. The lowest BCUT2D eigenvalue weighted by molar-refractivity contribution is -0.143. The number of hydrogen-bond acceptors (Lipinski definition) is 2. The Hall–Kier alpha value is -2.86. The van der Waals surface area contributed by atoms with Gasteiger partial charge in [-0.05, 0) is 67.5 Å². The van der Waals surface area contributed by atoms with Gasteiger partial charge in [-0.15, -0.1) is 0 Å². The van der Waals surface area contributed by atoms with E-state index in [0.717, 1.165) is 18.4 Å². The lowest BCUT2D eigenvalue weighted by Crippen LogP contribution is -2.32. The Morgan fingerprint density at radius 3 is 2.45 bits per heavy atom. The second kappa shape index (κ2) is 9.10. The Morgan fingerprint density at radius 2 is 1.77 bits per heavy atom. The van der Waals surface area contributed by atoms with E-state index in [1.807, 2.05) is 16.7 Å². The number of fused-ring (bicyclic) bond motifs is 1. The average Bonchev–Trinajstić information content (AvgIpc) is 3.19. The molecule has 1 saturated carbocycles. The van der Waals surface area contributed by atoms with Gasteiger partial charge in [-0.1, -0.05) is 23.7 Å². The van der Waals surface area contributed by atoms with Crippen molar-refractivity contribution in [3.8, 4) is 0 Å². The summed E-state index contributed by atoms with van der Waals surface area (Å²) in [6, 6.07) is 11.9. The zero-order valence-electron chi connectivity index (χ0n) is 17.0. The molecule has 1 aliphatic rings. The fourth-order valence-electron chi connectivity index (χ4n) is 4.34. The van der Waals surface area contributed by atoms with E-state index in [2.05, 4.69) is 5.32 Å². The van der Waals surface area contributed by atoms with Crippen molar-refractivity contribution >= 4 is 34.4 Å². The van der Waals surface area contributed by atoms with Crippen molar-refractivity contribution in [2.24, 2.45) is 11.8 Å². The molecule has 1 fully saturated rings. The molecule has 1 aliphatic carbocycles. The number of hydrogen-bond donors (Lipinski definition) is 2. The number of carboxylic acid groups (broad SMARTS) is 1. The molecule has 1 aromatic heterocycles. The molecular weight excluding hydrogens is 419 g/mol. The summed E-state index contributed by atoms with van der Waals surface area (Å²) in [6.07, 6.45) is 4.62. The molecule has 5 nitrogen and oxygen atoms in total. The number of benzene rings is 2. The molecule has 0 radical (unpaired) electrons. The summed E-state index contributed by atoms with van der Waals surface area (Å²) >= 11 is 5.96. The van der Waals surface area contributed by atoms with E-state index in [1.54, 1.807) is 24.4 Å². The van der Waals surface area contributed by atoms with Crippen LogP contribution in [0.4, 0.5) is 4.39 Å². The topological polar surface area (TPSA) is 71.3 Å².